The summed E-state index contributed by atoms with van der Waals surface area (Å²) in [5, 5.41) is 3.34. The van der Waals surface area contributed by atoms with Crippen molar-refractivity contribution < 1.29 is 4.74 Å². The van der Waals surface area contributed by atoms with E-state index in [0.29, 0.717) is 0 Å². The molecule has 1 aromatic carbocycles. The van der Waals surface area contributed by atoms with Crippen LogP contribution in [0.15, 0.2) is 30.9 Å². The average Bonchev–Trinajstić information content (AvgIpc) is 2.30. The molecule has 0 atom stereocenters. The van der Waals surface area contributed by atoms with E-state index in [-0.39, 0.29) is 0 Å². The molecule has 1 N–H and O–H groups in total. The Balaban J connectivity index is 2.17. The molecule has 86 valence electrons. The SMILES string of the molecule is C=CCN(C)Cc1cccc2c1OCCN2. The van der Waals surface area contributed by atoms with Crippen molar-refractivity contribution in [3.63, 3.8) is 0 Å². The Morgan fingerprint density at radius 1 is 1.56 bits per heavy atom. The molecule has 1 aliphatic rings. The van der Waals surface area contributed by atoms with Gasteiger partial charge in [0.15, 0.2) is 0 Å². The lowest BCUT2D eigenvalue weighted by atomic mass is 10.1. The lowest BCUT2D eigenvalue weighted by Crippen LogP contribution is -2.22. The molecule has 2 rings (SSSR count). The molecule has 1 aromatic rings. The van der Waals surface area contributed by atoms with Crippen LogP contribution in [0.5, 0.6) is 5.75 Å². The first-order chi connectivity index (χ1) is 7.81. The number of hydrogen-bond acceptors (Lipinski definition) is 3. The highest BCUT2D eigenvalue weighted by Gasteiger charge is 2.14. The normalized spacial score (nSPS) is 13.9. The highest BCUT2D eigenvalue weighted by molar-refractivity contribution is 5.61. The molecule has 0 bridgehead atoms. The number of para-hydroxylation sites is 1. The summed E-state index contributed by atoms with van der Waals surface area (Å²) >= 11 is 0. The molecule has 1 aliphatic heterocycles. The van der Waals surface area contributed by atoms with E-state index in [1.165, 1.54) is 5.56 Å². The fourth-order valence-electron chi connectivity index (χ4n) is 1.93. The second-order valence-electron chi connectivity index (χ2n) is 4.05. The van der Waals surface area contributed by atoms with Crippen LogP contribution < -0.4 is 10.1 Å². The molecule has 0 spiro atoms. The smallest absolute Gasteiger partial charge is 0.146 e. The van der Waals surface area contributed by atoms with Crippen LogP contribution >= 0.6 is 0 Å². The molecule has 0 aliphatic carbocycles. The van der Waals surface area contributed by atoms with Crippen LogP contribution in [0.3, 0.4) is 0 Å². The van der Waals surface area contributed by atoms with Crippen molar-refractivity contribution in [2.24, 2.45) is 0 Å². The van der Waals surface area contributed by atoms with E-state index in [1.807, 2.05) is 6.08 Å². The number of likely N-dealkylation sites (N-methyl/N-ethyl adjacent to an activating group) is 1. The van der Waals surface area contributed by atoms with Gasteiger partial charge >= 0.3 is 0 Å². The number of hydrogen-bond donors (Lipinski definition) is 1. The predicted octanol–water partition coefficient (Wildman–Crippen LogP) is 2.11. The Hall–Kier alpha value is -1.48. The summed E-state index contributed by atoms with van der Waals surface area (Å²) in [6, 6.07) is 6.24. The van der Waals surface area contributed by atoms with Crippen LogP contribution in [0.4, 0.5) is 5.69 Å². The molecule has 0 fully saturated rings. The summed E-state index contributed by atoms with van der Waals surface area (Å²) in [4.78, 5) is 2.21. The van der Waals surface area contributed by atoms with Crippen molar-refractivity contribution in [2.75, 3.05) is 32.1 Å². The summed E-state index contributed by atoms with van der Waals surface area (Å²) in [6.07, 6.45) is 1.91. The Morgan fingerprint density at radius 3 is 3.25 bits per heavy atom. The first-order valence-corrected chi connectivity index (χ1v) is 5.59. The molecule has 0 saturated heterocycles. The van der Waals surface area contributed by atoms with E-state index >= 15 is 0 Å². The van der Waals surface area contributed by atoms with Gasteiger partial charge in [0, 0.05) is 25.2 Å². The van der Waals surface area contributed by atoms with Gasteiger partial charge in [-0.2, -0.15) is 0 Å². The summed E-state index contributed by atoms with van der Waals surface area (Å²) in [6.45, 7) is 7.15. The highest BCUT2D eigenvalue weighted by atomic mass is 16.5. The summed E-state index contributed by atoms with van der Waals surface area (Å²) in [5.41, 5.74) is 2.34. The maximum absolute atomic E-state index is 5.72. The Bertz CT molecular complexity index is 376. The zero-order valence-electron chi connectivity index (χ0n) is 9.70. The number of fused-ring (bicyclic) bond motifs is 1. The third-order valence-corrected chi connectivity index (χ3v) is 2.64. The van der Waals surface area contributed by atoms with Gasteiger partial charge in [0.05, 0.1) is 5.69 Å². The molecule has 16 heavy (non-hydrogen) atoms. The van der Waals surface area contributed by atoms with Gasteiger partial charge in [0.25, 0.3) is 0 Å². The maximum atomic E-state index is 5.72. The van der Waals surface area contributed by atoms with Crippen LogP contribution in [0, 0.1) is 0 Å². The Morgan fingerprint density at radius 2 is 2.44 bits per heavy atom. The van der Waals surface area contributed by atoms with E-state index in [0.717, 1.165) is 37.7 Å². The van der Waals surface area contributed by atoms with E-state index in [1.54, 1.807) is 0 Å². The fraction of sp³-hybridized carbons (Fsp3) is 0.385. The Kier molecular flexibility index (Phi) is 3.47. The second kappa shape index (κ2) is 5.03. The number of nitrogens with zero attached hydrogens (tertiary/aromatic N) is 1. The van der Waals surface area contributed by atoms with Gasteiger partial charge in [0.2, 0.25) is 0 Å². The summed E-state index contributed by atoms with van der Waals surface area (Å²) in [5.74, 6) is 1.00. The predicted molar refractivity (Wildman–Crippen MR) is 67.0 cm³/mol. The second-order valence-corrected chi connectivity index (χ2v) is 4.05. The van der Waals surface area contributed by atoms with Gasteiger partial charge in [-0.3, -0.25) is 4.90 Å². The van der Waals surface area contributed by atoms with Crippen LogP contribution in [-0.2, 0) is 6.54 Å². The first-order valence-electron chi connectivity index (χ1n) is 5.59. The molecule has 0 radical (unpaired) electrons. The standard InChI is InChI=1S/C13H18N2O/c1-3-8-15(2)10-11-5-4-6-12-13(11)16-9-7-14-12/h3-6,14H,1,7-10H2,2H3. The van der Waals surface area contributed by atoms with Crippen molar-refractivity contribution in [3.05, 3.63) is 36.4 Å². The van der Waals surface area contributed by atoms with E-state index in [4.69, 9.17) is 4.74 Å². The summed E-state index contributed by atoms with van der Waals surface area (Å²) < 4.78 is 5.72. The van der Waals surface area contributed by atoms with Crippen molar-refractivity contribution >= 4 is 5.69 Å². The van der Waals surface area contributed by atoms with Gasteiger partial charge in [-0.05, 0) is 13.1 Å². The average molecular weight is 218 g/mol. The van der Waals surface area contributed by atoms with Gasteiger partial charge in [0.1, 0.15) is 12.4 Å². The lowest BCUT2D eigenvalue weighted by molar-refractivity contribution is 0.305. The quantitative estimate of drug-likeness (QED) is 0.783. The third kappa shape index (κ3) is 2.36. The van der Waals surface area contributed by atoms with Crippen molar-refractivity contribution in [3.8, 4) is 5.75 Å². The van der Waals surface area contributed by atoms with E-state index < -0.39 is 0 Å². The number of rotatable bonds is 4. The minimum atomic E-state index is 0.745. The van der Waals surface area contributed by atoms with Crippen LogP contribution in [0.2, 0.25) is 0 Å². The number of ether oxygens (including phenoxy) is 1. The Labute approximate surface area is 96.7 Å². The number of nitrogens with one attached hydrogen (secondary N) is 1. The van der Waals surface area contributed by atoms with Crippen molar-refractivity contribution in [1.29, 1.82) is 0 Å². The van der Waals surface area contributed by atoms with E-state index in [9.17, 15) is 0 Å². The first kappa shape index (κ1) is 11.0. The van der Waals surface area contributed by atoms with Gasteiger partial charge in [-0.25, -0.2) is 0 Å². The molecular weight excluding hydrogens is 200 g/mol. The fourth-order valence-corrected chi connectivity index (χ4v) is 1.93. The van der Waals surface area contributed by atoms with Crippen molar-refractivity contribution in [1.82, 2.24) is 4.90 Å². The minimum absolute atomic E-state index is 0.745. The molecule has 1 heterocycles. The highest BCUT2D eigenvalue weighted by Crippen LogP contribution is 2.31. The van der Waals surface area contributed by atoms with Crippen LogP contribution in [0.25, 0.3) is 0 Å². The number of benzene rings is 1. The van der Waals surface area contributed by atoms with E-state index in [2.05, 4.69) is 42.0 Å². The van der Waals surface area contributed by atoms with Crippen LogP contribution in [-0.4, -0.2) is 31.6 Å². The largest absolute Gasteiger partial charge is 0.489 e. The topological polar surface area (TPSA) is 24.5 Å². The van der Waals surface area contributed by atoms with Gasteiger partial charge < -0.3 is 10.1 Å². The monoisotopic (exact) mass is 218 g/mol. The third-order valence-electron chi connectivity index (χ3n) is 2.64. The molecule has 0 aromatic heterocycles. The molecule has 3 heteroatoms. The van der Waals surface area contributed by atoms with Gasteiger partial charge in [-0.15, -0.1) is 6.58 Å². The molecule has 0 saturated carbocycles. The molecular formula is C13H18N2O. The summed E-state index contributed by atoms with van der Waals surface area (Å²) in [7, 11) is 2.08. The zero-order chi connectivity index (χ0) is 11.4. The minimum Gasteiger partial charge on any atom is -0.489 e. The molecule has 0 amide bonds. The lowest BCUT2D eigenvalue weighted by Gasteiger charge is -2.23. The maximum Gasteiger partial charge on any atom is 0.146 e. The molecule has 0 unspecified atom stereocenters. The molecule has 3 nitrogen and oxygen atoms in total. The number of anilines is 1. The van der Waals surface area contributed by atoms with Crippen LogP contribution in [0.1, 0.15) is 5.56 Å². The zero-order valence-corrected chi connectivity index (χ0v) is 9.70. The van der Waals surface area contributed by atoms with Gasteiger partial charge in [-0.1, -0.05) is 18.2 Å². The van der Waals surface area contributed by atoms with Crippen molar-refractivity contribution in [2.45, 2.75) is 6.54 Å².